The monoisotopic (exact) mass is 292 g/mol. The standard InChI is InChI=1S/C15H20N2O2S/c18-14(11-5-6-20-9-11)16-8-12-7-10-3-1-2-4-13(10)17-15(12)19/h7,11H,1-6,8-9H2,(H,16,18)(H,17,19). The van der Waals surface area contributed by atoms with Crippen LogP contribution in [0.4, 0.5) is 0 Å². The third-order valence-electron chi connectivity index (χ3n) is 4.17. The largest absolute Gasteiger partial charge is 0.352 e. The normalized spacial score (nSPS) is 21.5. The minimum atomic E-state index is -0.0493. The first-order valence-electron chi connectivity index (χ1n) is 7.33. The number of pyridine rings is 1. The maximum absolute atomic E-state index is 12.0. The molecule has 2 heterocycles. The Hall–Kier alpha value is -1.23. The number of aromatic amines is 1. The Bertz CT molecular complexity index is 561. The molecule has 1 unspecified atom stereocenters. The molecule has 0 saturated carbocycles. The van der Waals surface area contributed by atoms with E-state index in [1.807, 2.05) is 17.8 Å². The summed E-state index contributed by atoms with van der Waals surface area (Å²) in [5.41, 5.74) is 2.97. The fourth-order valence-corrected chi connectivity index (χ4v) is 4.14. The summed E-state index contributed by atoms with van der Waals surface area (Å²) in [7, 11) is 0. The van der Waals surface area contributed by atoms with E-state index >= 15 is 0 Å². The molecule has 20 heavy (non-hydrogen) atoms. The maximum Gasteiger partial charge on any atom is 0.253 e. The molecule has 0 radical (unpaired) electrons. The molecule has 1 aromatic heterocycles. The number of aromatic nitrogens is 1. The van der Waals surface area contributed by atoms with Crippen LogP contribution < -0.4 is 10.9 Å². The summed E-state index contributed by atoms with van der Waals surface area (Å²) >= 11 is 1.83. The molecule has 1 aromatic rings. The highest BCUT2D eigenvalue weighted by atomic mass is 32.2. The zero-order valence-electron chi connectivity index (χ0n) is 11.5. The summed E-state index contributed by atoms with van der Waals surface area (Å²) in [6.45, 7) is 0.350. The fourth-order valence-electron chi connectivity index (χ4n) is 2.92. The lowest BCUT2D eigenvalue weighted by Gasteiger charge is -2.16. The van der Waals surface area contributed by atoms with E-state index in [2.05, 4.69) is 10.3 Å². The first-order valence-corrected chi connectivity index (χ1v) is 8.49. The van der Waals surface area contributed by atoms with Gasteiger partial charge in [0.25, 0.3) is 5.56 Å². The number of carbonyl (C=O) groups is 1. The molecule has 3 rings (SSSR count). The van der Waals surface area contributed by atoms with Gasteiger partial charge in [0.05, 0.1) is 0 Å². The molecule has 1 aliphatic heterocycles. The molecular weight excluding hydrogens is 272 g/mol. The summed E-state index contributed by atoms with van der Waals surface area (Å²) < 4.78 is 0. The molecule has 0 spiro atoms. The van der Waals surface area contributed by atoms with Gasteiger partial charge < -0.3 is 10.3 Å². The molecule has 1 aliphatic carbocycles. The Morgan fingerprint density at radius 2 is 2.25 bits per heavy atom. The molecule has 0 aromatic carbocycles. The van der Waals surface area contributed by atoms with Gasteiger partial charge in [-0.05, 0) is 49.5 Å². The summed E-state index contributed by atoms with van der Waals surface area (Å²) in [5, 5.41) is 2.92. The van der Waals surface area contributed by atoms with Crippen LogP contribution in [0, 0.1) is 5.92 Å². The zero-order chi connectivity index (χ0) is 13.9. The summed E-state index contributed by atoms with van der Waals surface area (Å²) in [6.07, 6.45) is 5.29. The van der Waals surface area contributed by atoms with Crippen molar-refractivity contribution >= 4 is 17.7 Å². The molecule has 1 atom stereocenters. The number of aryl methyl sites for hydroxylation is 2. The van der Waals surface area contributed by atoms with Crippen molar-refractivity contribution in [1.82, 2.24) is 10.3 Å². The lowest BCUT2D eigenvalue weighted by molar-refractivity contribution is -0.124. The van der Waals surface area contributed by atoms with Gasteiger partial charge >= 0.3 is 0 Å². The SMILES string of the molecule is O=C(NCc1cc2c([nH]c1=O)CCCC2)C1CCSC1. The van der Waals surface area contributed by atoms with E-state index < -0.39 is 0 Å². The number of thioether (sulfide) groups is 1. The Kier molecular flexibility index (Phi) is 4.15. The predicted octanol–water partition coefficient (Wildman–Crippen LogP) is 1.62. The Balaban J connectivity index is 1.68. The van der Waals surface area contributed by atoms with Crippen molar-refractivity contribution in [2.75, 3.05) is 11.5 Å². The van der Waals surface area contributed by atoms with E-state index in [0.29, 0.717) is 12.1 Å². The molecule has 5 heteroatoms. The Morgan fingerprint density at radius 1 is 1.40 bits per heavy atom. The molecule has 2 aliphatic rings. The number of carbonyl (C=O) groups excluding carboxylic acids is 1. The van der Waals surface area contributed by atoms with E-state index in [-0.39, 0.29) is 17.4 Å². The number of H-pyrrole nitrogens is 1. The van der Waals surface area contributed by atoms with Crippen molar-refractivity contribution in [1.29, 1.82) is 0 Å². The first kappa shape index (κ1) is 13.7. The van der Waals surface area contributed by atoms with Crippen LogP contribution in [-0.2, 0) is 24.2 Å². The number of amides is 1. The highest BCUT2D eigenvalue weighted by Gasteiger charge is 2.23. The van der Waals surface area contributed by atoms with Crippen LogP contribution >= 0.6 is 11.8 Å². The van der Waals surface area contributed by atoms with E-state index in [9.17, 15) is 9.59 Å². The van der Waals surface area contributed by atoms with Gasteiger partial charge in [0.2, 0.25) is 5.91 Å². The summed E-state index contributed by atoms with van der Waals surface area (Å²) in [6, 6.07) is 1.98. The molecule has 0 bridgehead atoms. The molecule has 108 valence electrons. The van der Waals surface area contributed by atoms with Crippen molar-refractivity contribution in [3.05, 3.63) is 33.2 Å². The number of nitrogens with one attached hydrogen (secondary N) is 2. The second-order valence-electron chi connectivity index (χ2n) is 5.61. The average Bonchev–Trinajstić information content (AvgIpc) is 2.99. The van der Waals surface area contributed by atoms with Crippen LogP contribution in [-0.4, -0.2) is 22.4 Å². The van der Waals surface area contributed by atoms with Gasteiger partial charge in [-0.2, -0.15) is 11.8 Å². The number of rotatable bonds is 3. The van der Waals surface area contributed by atoms with E-state index in [1.54, 1.807) is 0 Å². The molecule has 2 N–H and O–H groups in total. The van der Waals surface area contributed by atoms with Crippen molar-refractivity contribution in [3.8, 4) is 0 Å². The van der Waals surface area contributed by atoms with Gasteiger partial charge in [0, 0.05) is 29.5 Å². The molecular formula is C15H20N2O2S. The number of hydrogen-bond acceptors (Lipinski definition) is 3. The van der Waals surface area contributed by atoms with Gasteiger partial charge in [0.15, 0.2) is 0 Å². The lowest BCUT2D eigenvalue weighted by atomic mass is 9.95. The van der Waals surface area contributed by atoms with Gasteiger partial charge in [0.1, 0.15) is 0 Å². The maximum atomic E-state index is 12.0. The molecule has 4 nitrogen and oxygen atoms in total. The smallest absolute Gasteiger partial charge is 0.253 e. The predicted molar refractivity (Wildman–Crippen MR) is 81.0 cm³/mol. The Morgan fingerprint density at radius 3 is 3.05 bits per heavy atom. The van der Waals surface area contributed by atoms with E-state index in [0.717, 1.165) is 42.9 Å². The van der Waals surface area contributed by atoms with Crippen molar-refractivity contribution in [3.63, 3.8) is 0 Å². The highest BCUT2D eigenvalue weighted by molar-refractivity contribution is 7.99. The molecule has 1 saturated heterocycles. The topological polar surface area (TPSA) is 62.0 Å². The highest BCUT2D eigenvalue weighted by Crippen LogP contribution is 2.23. The van der Waals surface area contributed by atoms with Gasteiger partial charge in [-0.25, -0.2) is 0 Å². The minimum Gasteiger partial charge on any atom is -0.352 e. The molecule has 1 amide bonds. The second kappa shape index (κ2) is 6.04. The van der Waals surface area contributed by atoms with Crippen LogP contribution in [0.25, 0.3) is 0 Å². The van der Waals surface area contributed by atoms with Gasteiger partial charge in [-0.1, -0.05) is 0 Å². The van der Waals surface area contributed by atoms with Crippen LogP contribution in [0.1, 0.15) is 36.1 Å². The van der Waals surface area contributed by atoms with Crippen LogP contribution in [0.5, 0.6) is 0 Å². The van der Waals surface area contributed by atoms with E-state index in [1.165, 1.54) is 12.0 Å². The van der Waals surface area contributed by atoms with E-state index in [4.69, 9.17) is 0 Å². The summed E-state index contributed by atoms with van der Waals surface area (Å²) in [5.74, 6) is 2.19. The quantitative estimate of drug-likeness (QED) is 0.890. The number of hydrogen-bond donors (Lipinski definition) is 2. The lowest BCUT2D eigenvalue weighted by Crippen LogP contribution is -2.32. The Labute approximate surface area is 122 Å². The van der Waals surface area contributed by atoms with Gasteiger partial charge in [-0.15, -0.1) is 0 Å². The minimum absolute atomic E-state index is 0.0493. The van der Waals surface area contributed by atoms with Crippen LogP contribution in [0.2, 0.25) is 0 Å². The van der Waals surface area contributed by atoms with Crippen LogP contribution in [0.15, 0.2) is 10.9 Å². The number of fused-ring (bicyclic) bond motifs is 1. The second-order valence-corrected chi connectivity index (χ2v) is 6.76. The average molecular weight is 292 g/mol. The fraction of sp³-hybridized carbons (Fsp3) is 0.600. The molecule has 1 fully saturated rings. The van der Waals surface area contributed by atoms with Crippen molar-refractivity contribution in [2.45, 2.75) is 38.6 Å². The summed E-state index contributed by atoms with van der Waals surface area (Å²) in [4.78, 5) is 27.0. The van der Waals surface area contributed by atoms with Gasteiger partial charge in [-0.3, -0.25) is 9.59 Å². The first-order chi connectivity index (χ1) is 9.74. The third-order valence-corrected chi connectivity index (χ3v) is 5.33. The van der Waals surface area contributed by atoms with Crippen molar-refractivity contribution < 1.29 is 4.79 Å². The van der Waals surface area contributed by atoms with Crippen LogP contribution in [0.3, 0.4) is 0 Å². The zero-order valence-corrected chi connectivity index (χ0v) is 12.4. The van der Waals surface area contributed by atoms with Crippen molar-refractivity contribution in [2.24, 2.45) is 5.92 Å². The third kappa shape index (κ3) is 2.92.